The number of hydrogen-bond donors (Lipinski definition) is 1. The molecule has 0 saturated carbocycles. The Kier molecular flexibility index (Phi) is 5.34. The van der Waals surface area contributed by atoms with Crippen LogP contribution in [-0.2, 0) is 11.3 Å². The Morgan fingerprint density at radius 1 is 1.14 bits per heavy atom. The maximum atomic E-state index is 13.1. The maximum absolute atomic E-state index is 13.1. The van der Waals surface area contributed by atoms with Gasteiger partial charge in [-0.1, -0.05) is 34.1 Å². The number of aryl methyl sites for hydroxylation is 2. The van der Waals surface area contributed by atoms with Crippen molar-refractivity contribution in [1.82, 2.24) is 9.55 Å². The van der Waals surface area contributed by atoms with Crippen LogP contribution in [-0.4, -0.2) is 15.5 Å². The first-order valence-electron chi connectivity index (χ1n) is 9.02. The molecular weight excluding hydrogens is 450 g/mol. The van der Waals surface area contributed by atoms with Gasteiger partial charge in [-0.2, -0.15) is 0 Å². The Bertz CT molecular complexity index is 1280. The van der Waals surface area contributed by atoms with E-state index in [2.05, 4.69) is 52.2 Å². The number of halogens is 1. The number of carbonyl (C=O) groups is 1. The van der Waals surface area contributed by atoms with Gasteiger partial charge >= 0.3 is 0 Å². The normalized spacial score (nSPS) is 11.0. The van der Waals surface area contributed by atoms with Gasteiger partial charge in [0.05, 0.1) is 11.7 Å². The Morgan fingerprint density at radius 3 is 2.62 bits per heavy atom. The van der Waals surface area contributed by atoms with Crippen molar-refractivity contribution < 1.29 is 4.79 Å². The molecule has 0 fully saturated rings. The smallest absolute Gasteiger partial charge is 0.263 e. The van der Waals surface area contributed by atoms with Crippen LogP contribution in [0.25, 0.3) is 21.3 Å². The van der Waals surface area contributed by atoms with Gasteiger partial charge in [0, 0.05) is 21.1 Å². The van der Waals surface area contributed by atoms with Crippen molar-refractivity contribution in [2.75, 3.05) is 5.32 Å². The summed E-state index contributed by atoms with van der Waals surface area (Å²) >= 11 is 4.80. The number of benzene rings is 2. The van der Waals surface area contributed by atoms with Crippen molar-refractivity contribution in [2.24, 2.45) is 0 Å². The van der Waals surface area contributed by atoms with Gasteiger partial charge in [0.25, 0.3) is 5.56 Å². The molecule has 4 rings (SSSR count). The van der Waals surface area contributed by atoms with Crippen LogP contribution in [0.4, 0.5) is 5.69 Å². The van der Waals surface area contributed by atoms with E-state index in [9.17, 15) is 9.59 Å². The largest absolute Gasteiger partial charge is 0.325 e. The number of fused-ring (bicyclic) bond motifs is 1. The van der Waals surface area contributed by atoms with Crippen molar-refractivity contribution in [1.29, 1.82) is 0 Å². The second kappa shape index (κ2) is 7.93. The van der Waals surface area contributed by atoms with E-state index in [1.165, 1.54) is 33.4 Å². The summed E-state index contributed by atoms with van der Waals surface area (Å²) in [6, 6.07) is 13.4. The van der Waals surface area contributed by atoms with E-state index in [4.69, 9.17) is 0 Å². The van der Waals surface area contributed by atoms with Crippen LogP contribution in [0, 0.1) is 13.8 Å². The van der Waals surface area contributed by atoms with Crippen molar-refractivity contribution in [3.63, 3.8) is 0 Å². The van der Waals surface area contributed by atoms with Gasteiger partial charge in [0.15, 0.2) is 0 Å². The van der Waals surface area contributed by atoms with E-state index < -0.39 is 0 Å². The second-order valence-electron chi connectivity index (χ2n) is 6.86. The van der Waals surface area contributed by atoms with E-state index in [0.29, 0.717) is 15.9 Å². The van der Waals surface area contributed by atoms with Gasteiger partial charge in [0.2, 0.25) is 5.91 Å². The molecule has 0 aliphatic carbocycles. The summed E-state index contributed by atoms with van der Waals surface area (Å²) in [7, 11) is 0. The number of nitrogens with one attached hydrogen (secondary N) is 1. The molecule has 5 nitrogen and oxygen atoms in total. The molecule has 0 aliphatic rings. The number of anilines is 1. The minimum atomic E-state index is -0.279. The quantitative estimate of drug-likeness (QED) is 0.451. The summed E-state index contributed by atoms with van der Waals surface area (Å²) < 4.78 is 2.28. The lowest BCUT2D eigenvalue weighted by Crippen LogP contribution is -2.27. The standard InChI is InChI=1S/C22H18BrN3O2S/c1-13-3-4-15(9-14(13)2)18-11-29-21-20(18)22(28)26(12-24-21)10-19(27)25-17-7-5-16(23)6-8-17/h3-9,11-12H,10H2,1-2H3,(H,25,27). The molecule has 0 bridgehead atoms. The summed E-state index contributed by atoms with van der Waals surface area (Å²) in [6.07, 6.45) is 1.44. The van der Waals surface area contributed by atoms with Crippen LogP contribution in [0.2, 0.25) is 0 Å². The third kappa shape index (κ3) is 4.02. The fourth-order valence-corrected chi connectivity index (χ4v) is 4.26. The minimum absolute atomic E-state index is 0.0972. The predicted molar refractivity (Wildman–Crippen MR) is 122 cm³/mol. The zero-order valence-corrected chi connectivity index (χ0v) is 18.3. The lowest BCUT2D eigenvalue weighted by molar-refractivity contribution is -0.116. The van der Waals surface area contributed by atoms with Crippen LogP contribution in [0.5, 0.6) is 0 Å². The molecule has 0 saturated heterocycles. The highest BCUT2D eigenvalue weighted by atomic mass is 79.9. The van der Waals surface area contributed by atoms with Crippen LogP contribution in [0.15, 0.2) is 63.4 Å². The predicted octanol–water partition coefficient (Wildman–Crippen LogP) is 5.14. The third-order valence-corrected chi connectivity index (χ3v) is 6.24. The number of amides is 1. The van der Waals surface area contributed by atoms with E-state index in [0.717, 1.165) is 15.6 Å². The fraction of sp³-hybridized carbons (Fsp3) is 0.136. The Hall–Kier alpha value is -2.77. The Labute approximate surface area is 180 Å². The average molecular weight is 468 g/mol. The van der Waals surface area contributed by atoms with E-state index in [1.54, 1.807) is 12.1 Å². The summed E-state index contributed by atoms with van der Waals surface area (Å²) in [5, 5.41) is 5.31. The number of nitrogens with zero attached hydrogens (tertiary/aromatic N) is 2. The van der Waals surface area contributed by atoms with Crippen LogP contribution < -0.4 is 10.9 Å². The summed E-state index contributed by atoms with van der Waals surface area (Å²) in [4.78, 5) is 30.6. The van der Waals surface area contributed by atoms with Crippen molar-refractivity contribution in [2.45, 2.75) is 20.4 Å². The minimum Gasteiger partial charge on any atom is -0.325 e. The molecule has 7 heteroatoms. The van der Waals surface area contributed by atoms with Crippen molar-refractivity contribution >= 4 is 49.1 Å². The molecule has 2 aromatic carbocycles. The highest BCUT2D eigenvalue weighted by molar-refractivity contribution is 9.10. The number of hydrogen-bond acceptors (Lipinski definition) is 4. The SMILES string of the molecule is Cc1ccc(-c2csc3ncn(CC(=O)Nc4ccc(Br)cc4)c(=O)c23)cc1C. The second-order valence-corrected chi connectivity index (χ2v) is 8.64. The molecular formula is C22H18BrN3O2S. The first-order chi connectivity index (χ1) is 13.9. The molecule has 4 aromatic rings. The molecule has 0 aliphatic heterocycles. The lowest BCUT2D eigenvalue weighted by Gasteiger charge is -2.08. The zero-order valence-electron chi connectivity index (χ0n) is 15.9. The van der Waals surface area contributed by atoms with Gasteiger partial charge < -0.3 is 5.32 Å². The van der Waals surface area contributed by atoms with Gasteiger partial charge in [-0.25, -0.2) is 4.98 Å². The van der Waals surface area contributed by atoms with E-state index in [1.807, 2.05) is 23.6 Å². The number of aromatic nitrogens is 2. The molecule has 0 spiro atoms. The third-order valence-electron chi connectivity index (χ3n) is 4.82. The molecule has 1 amide bonds. The molecule has 0 atom stereocenters. The highest BCUT2D eigenvalue weighted by Gasteiger charge is 2.15. The van der Waals surface area contributed by atoms with E-state index >= 15 is 0 Å². The highest BCUT2D eigenvalue weighted by Crippen LogP contribution is 2.31. The van der Waals surface area contributed by atoms with Crippen LogP contribution in [0.1, 0.15) is 11.1 Å². The zero-order chi connectivity index (χ0) is 20.5. The molecule has 0 radical (unpaired) electrons. The molecule has 146 valence electrons. The van der Waals surface area contributed by atoms with Crippen molar-refractivity contribution in [3.05, 3.63) is 80.1 Å². The summed E-state index contributed by atoms with van der Waals surface area (Å²) in [5.74, 6) is -0.279. The van der Waals surface area contributed by atoms with Gasteiger partial charge in [-0.3, -0.25) is 14.2 Å². The Balaban J connectivity index is 1.66. The van der Waals surface area contributed by atoms with Crippen LogP contribution >= 0.6 is 27.3 Å². The molecule has 1 N–H and O–H groups in total. The molecule has 29 heavy (non-hydrogen) atoms. The summed E-state index contributed by atoms with van der Waals surface area (Å²) in [6.45, 7) is 4.01. The van der Waals surface area contributed by atoms with Gasteiger partial charge in [-0.15, -0.1) is 11.3 Å². The maximum Gasteiger partial charge on any atom is 0.263 e. The Morgan fingerprint density at radius 2 is 1.90 bits per heavy atom. The van der Waals surface area contributed by atoms with E-state index in [-0.39, 0.29) is 18.0 Å². The molecule has 2 aromatic heterocycles. The van der Waals surface area contributed by atoms with Crippen LogP contribution in [0.3, 0.4) is 0 Å². The van der Waals surface area contributed by atoms with Gasteiger partial charge in [-0.05, 0) is 54.8 Å². The number of thiophene rings is 1. The average Bonchev–Trinajstić information content (AvgIpc) is 3.13. The monoisotopic (exact) mass is 467 g/mol. The first-order valence-corrected chi connectivity index (χ1v) is 10.7. The number of rotatable bonds is 4. The fourth-order valence-electron chi connectivity index (χ4n) is 3.09. The number of carbonyl (C=O) groups excluding carboxylic acids is 1. The summed E-state index contributed by atoms with van der Waals surface area (Å²) in [5.41, 5.74) is 4.67. The molecule has 0 unspecified atom stereocenters. The molecule has 2 heterocycles. The first kappa shape index (κ1) is 19.5. The van der Waals surface area contributed by atoms with Crippen molar-refractivity contribution in [3.8, 4) is 11.1 Å². The topological polar surface area (TPSA) is 64.0 Å². The van der Waals surface area contributed by atoms with Gasteiger partial charge in [0.1, 0.15) is 11.4 Å². The lowest BCUT2D eigenvalue weighted by atomic mass is 10.0.